The molecule has 1 N–H and O–H groups in total. The third kappa shape index (κ3) is 3.08. The van der Waals surface area contributed by atoms with Gasteiger partial charge in [0.15, 0.2) is 0 Å². The molecule has 1 heterocycles. The average Bonchev–Trinajstić information content (AvgIpc) is 3.13. The molecule has 1 aromatic heterocycles. The first kappa shape index (κ1) is 14.1. The van der Waals surface area contributed by atoms with Gasteiger partial charge in [0.1, 0.15) is 5.82 Å². The zero-order valence-corrected chi connectivity index (χ0v) is 13.0. The summed E-state index contributed by atoms with van der Waals surface area (Å²) in [6, 6.07) is 0.682. The van der Waals surface area contributed by atoms with E-state index in [1.165, 1.54) is 44.3 Å². The van der Waals surface area contributed by atoms with Crippen LogP contribution in [-0.2, 0) is 13.5 Å². The first-order valence-corrected chi connectivity index (χ1v) is 8.45. The van der Waals surface area contributed by atoms with E-state index in [1.807, 2.05) is 12.4 Å². The van der Waals surface area contributed by atoms with E-state index in [-0.39, 0.29) is 0 Å². The largest absolute Gasteiger partial charge is 0.338 e. The average molecular weight is 275 g/mol. The smallest absolute Gasteiger partial charge is 0.108 e. The van der Waals surface area contributed by atoms with Crippen LogP contribution in [-0.4, -0.2) is 22.1 Å². The third-order valence-corrected chi connectivity index (χ3v) is 5.60. The Labute approximate surface area is 123 Å². The van der Waals surface area contributed by atoms with Gasteiger partial charge >= 0.3 is 0 Å². The van der Waals surface area contributed by atoms with E-state index in [4.69, 9.17) is 0 Å². The molecule has 0 spiro atoms. The molecule has 20 heavy (non-hydrogen) atoms. The summed E-state index contributed by atoms with van der Waals surface area (Å²) in [6.45, 7) is 3.32. The standard InChI is InChI=1S/C17H29N3/c1-3-18-16(6-7-17-19-8-9-20(17)2)12-15-11-13-4-5-14(15)10-13/h8-9,13-16,18H,3-7,10-12H2,1-2H3. The maximum Gasteiger partial charge on any atom is 0.108 e. The zero-order chi connectivity index (χ0) is 13.9. The lowest BCUT2D eigenvalue weighted by atomic mass is 9.83. The summed E-state index contributed by atoms with van der Waals surface area (Å²) in [6.07, 6.45) is 13.7. The van der Waals surface area contributed by atoms with Gasteiger partial charge in [-0.3, -0.25) is 0 Å². The molecule has 0 radical (unpaired) electrons. The summed E-state index contributed by atoms with van der Waals surface area (Å²) < 4.78 is 2.15. The number of imidazole rings is 1. The van der Waals surface area contributed by atoms with Crippen LogP contribution in [0.1, 0.15) is 51.3 Å². The minimum absolute atomic E-state index is 0.682. The molecule has 4 unspecified atom stereocenters. The minimum Gasteiger partial charge on any atom is -0.338 e. The first-order chi connectivity index (χ1) is 9.76. The van der Waals surface area contributed by atoms with Crippen molar-refractivity contribution in [3.05, 3.63) is 18.2 Å². The van der Waals surface area contributed by atoms with E-state index in [9.17, 15) is 0 Å². The molecular weight excluding hydrogens is 246 g/mol. The number of rotatable bonds is 7. The maximum absolute atomic E-state index is 4.45. The lowest BCUT2D eigenvalue weighted by molar-refractivity contribution is 0.272. The van der Waals surface area contributed by atoms with Gasteiger partial charge in [0.25, 0.3) is 0 Å². The number of nitrogens with one attached hydrogen (secondary N) is 1. The predicted octanol–water partition coefficient (Wildman–Crippen LogP) is 3.16. The number of aryl methyl sites for hydroxylation is 2. The Balaban J connectivity index is 1.51. The van der Waals surface area contributed by atoms with Crippen molar-refractivity contribution >= 4 is 0 Å². The van der Waals surface area contributed by atoms with Crippen molar-refractivity contribution < 1.29 is 0 Å². The fourth-order valence-corrected chi connectivity index (χ4v) is 4.56. The van der Waals surface area contributed by atoms with E-state index >= 15 is 0 Å². The highest BCUT2D eigenvalue weighted by Gasteiger charge is 2.39. The van der Waals surface area contributed by atoms with Gasteiger partial charge < -0.3 is 9.88 Å². The van der Waals surface area contributed by atoms with Crippen LogP contribution in [0.3, 0.4) is 0 Å². The molecule has 2 fully saturated rings. The predicted molar refractivity (Wildman–Crippen MR) is 82.5 cm³/mol. The molecule has 0 aromatic carbocycles. The SMILES string of the molecule is CCNC(CCc1nccn1C)CC1CC2CCC1C2. The summed E-state index contributed by atoms with van der Waals surface area (Å²) in [5, 5.41) is 3.71. The molecule has 112 valence electrons. The fraction of sp³-hybridized carbons (Fsp3) is 0.824. The molecule has 1 aromatic rings. The van der Waals surface area contributed by atoms with Gasteiger partial charge in [-0.2, -0.15) is 0 Å². The van der Waals surface area contributed by atoms with Crippen molar-refractivity contribution in [3.8, 4) is 0 Å². The topological polar surface area (TPSA) is 29.9 Å². The van der Waals surface area contributed by atoms with Crippen molar-refractivity contribution in [2.24, 2.45) is 24.8 Å². The molecule has 3 rings (SSSR count). The molecule has 4 atom stereocenters. The van der Waals surface area contributed by atoms with Gasteiger partial charge in [-0.1, -0.05) is 13.3 Å². The van der Waals surface area contributed by atoms with Crippen LogP contribution in [0.25, 0.3) is 0 Å². The summed E-state index contributed by atoms with van der Waals surface area (Å²) in [5.41, 5.74) is 0. The summed E-state index contributed by atoms with van der Waals surface area (Å²) in [4.78, 5) is 4.45. The number of hydrogen-bond donors (Lipinski definition) is 1. The zero-order valence-electron chi connectivity index (χ0n) is 13.0. The van der Waals surface area contributed by atoms with Crippen LogP contribution in [0.5, 0.6) is 0 Å². The van der Waals surface area contributed by atoms with Crippen LogP contribution in [0.2, 0.25) is 0 Å². The van der Waals surface area contributed by atoms with Crippen LogP contribution in [0, 0.1) is 17.8 Å². The Morgan fingerprint density at radius 1 is 1.40 bits per heavy atom. The number of aromatic nitrogens is 2. The highest BCUT2D eigenvalue weighted by molar-refractivity contribution is 4.94. The van der Waals surface area contributed by atoms with Crippen molar-refractivity contribution in [2.75, 3.05) is 6.54 Å². The van der Waals surface area contributed by atoms with Crippen molar-refractivity contribution in [1.82, 2.24) is 14.9 Å². The molecule has 2 aliphatic carbocycles. The van der Waals surface area contributed by atoms with E-state index in [0.717, 1.165) is 30.7 Å². The van der Waals surface area contributed by atoms with E-state index in [0.29, 0.717) is 6.04 Å². The molecule has 2 bridgehead atoms. The molecule has 2 aliphatic rings. The number of fused-ring (bicyclic) bond motifs is 2. The molecule has 0 aliphatic heterocycles. The lowest BCUT2D eigenvalue weighted by Crippen LogP contribution is -2.33. The first-order valence-electron chi connectivity index (χ1n) is 8.45. The Morgan fingerprint density at radius 3 is 2.90 bits per heavy atom. The maximum atomic E-state index is 4.45. The Morgan fingerprint density at radius 2 is 2.30 bits per heavy atom. The van der Waals surface area contributed by atoms with E-state index in [2.05, 4.69) is 28.8 Å². The molecule has 3 heteroatoms. The molecule has 3 nitrogen and oxygen atoms in total. The van der Waals surface area contributed by atoms with Gasteiger partial charge in [-0.05, 0) is 56.4 Å². The van der Waals surface area contributed by atoms with Crippen molar-refractivity contribution in [2.45, 2.75) is 57.9 Å². The normalized spacial score (nSPS) is 30.0. The minimum atomic E-state index is 0.682. The Kier molecular flexibility index (Phi) is 4.45. The van der Waals surface area contributed by atoms with Gasteiger partial charge in [0.05, 0.1) is 0 Å². The van der Waals surface area contributed by atoms with E-state index < -0.39 is 0 Å². The highest BCUT2D eigenvalue weighted by Crippen LogP contribution is 2.50. The fourth-order valence-electron chi connectivity index (χ4n) is 4.56. The van der Waals surface area contributed by atoms with Crippen molar-refractivity contribution in [3.63, 3.8) is 0 Å². The van der Waals surface area contributed by atoms with E-state index in [1.54, 1.807) is 0 Å². The highest BCUT2D eigenvalue weighted by atomic mass is 15.0. The number of hydrogen-bond acceptors (Lipinski definition) is 2. The quantitative estimate of drug-likeness (QED) is 0.828. The van der Waals surface area contributed by atoms with Crippen LogP contribution < -0.4 is 5.32 Å². The van der Waals surface area contributed by atoms with Gasteiger partial charge in [-0.25, -0.2) is 4.98 Å². The molecule has 2 saturated carbocycles. The van der Waals surface area contributed by atoms with Gasteiger partial charge in [0, 0.05) is 31.9 Å². The Hall–Kier alpha value is -0.830. The molecule has 0 amide bonds. The van der Waals surface area contributed by atoms with Gasteiger partial charge in [-0.15, -0.1) is 0 Å². The van der Waals surface area contributed by atoms with Crippen molar-refractivity contribution in [1.29, 1.82) is 0 Å². The molecule has 0 saturated heterocycles. The van der Waals surface area contributed by atoms with Crippen LogP contribution in [0.4, 0.5) is 0 Å². The van der Waals surface area contributed by atoms with Crippen LogP contribution in [0.15, 0.2) is 12.4 Å². The lowest BCUT2D eigenvalue weighted by Gasteiger charge is -2.27. The van der Waals surface area contributed by atoms with Gasteiger partial charge in [0.2, 0.25) is 0 Å². The van der Waals surface area contributed by atoms with Crippen LogP contribution >= 0.6 is 0 Å². The number of nitrogens with zero attached hydrogens (tertiary/aromatic N) is 2. The second-order valence-electron chi connectivity index (χ2n) is 6.92. The summed E-state index contributed by atoms with van der Waals surface area (Å²) >= 11 is 0. The monoisotopic (exact) mass is 275 g/mol. The summed E-state index contributed by atoms with van der Waals surface area (Å²) in [7, 11) is 2.10. The second-order valence-corrected chi connectivity index (χ2v) is 6.92. The Bertz CT molecular complexity index is 426. The molecular formula is C17H29N3. The summed E-state index contributed by atoms with van der Waals surface area (Å²) in [5.74, 6) is 4.34. The second kappa shape index (κ2) is 6.30. The third-order valence-electron chi connectivity index (χ3n) is 5.60.